The van der Waals surface area contributed by atoms with E-state index in [2.05, 4.69) is 25.4 Å². The van der Waals surface area contributed by atoms with Crippen molar-refractivity contribution in [2.45, 2.75) is 11.6 Å². The number of rotatable bonds is 6. The maximum atomic E-state index is 10.9. The Morgan fingerprint density at radius 1 is 1.53 bits per heavy atom. The summed E-state index contributed by atoms with van der Waals surface area (Å²) >= 11 is 1.41. The first-order valence-electron chi connectivity index (χ1n) is 4.90. The van der Waals surface area contributed by atoms with E-state index < -0.39 is 0 Å². The number of methoxy groups -OCH3 is 1. The van der Waals surface area contributed by atoms with Crippen LogP contribution in [0.3, 0.4) is 0 Å². The van der Waals surface area contributed by atoms with Crippen molar-refractivity contribution in [1.82, 2.24) is 9.97 Å². The van der Waals surface area contributed by atoms with Gasteiger partial charge in [-0.15, -0.1) is 0 Å². The van der Waals surface area contributed by atoms with E-state index in [0.717, 1.165) is 0 Å². The van der Waals surface area contributed by atoms with Gasteiger partial charge in [0.25, 0.3) is 0 Å². The van der Waals surface area contributed by atoms with Crippen LogP contribution in [0.1, 0.15) is 6.42 Å². The van der Waals surface area contributed by atoms with Crippen LogP contribution in [0.15, 0.2) is 11.2 Å². The van der Waals surface area contributed by atoms with Gasteiger partial charge in [0.15, 0.2) is 5.16 Å². The Balaban J connectivity index is 2.60. The largest absolute Gasteiger partial charge is 0.469 e. The third-order valence-electron chi connectivity index (χ3n) is 1.90. The van der Waals surface area contributed by atoms with Crippen molar-refractivity contribution in [1.29, 1.82) is 0 Å². The first-order chi connectivity index (χ1) is 8.19. The molecule has 1 heterocycles. The van der Waals surface area contributed by atoms with E-state index in [0.29, 0.717) is 23.3 Å². The highest BCUT2D eigenvalue weighted by atomic mass is 32.2. The molecule has 1 aromatic heterocycles. The van der Waals surface area contributed by atoms with Gasteiger partial charge < -0.3 is 15.5 Å². The Kier molecular flexibility index (Phi) is 5.50. The van der Waals surface area contributed by atoms with Crippen LogP contribution in [0.25, 0.3) is 0 Å². The molecule has 8 heteroatoms. The predicted octanol–water partition coefficient (Wildman–Crippen LogP) is 0.459. The molecule has 4 N–H and O–H groups in total. The van der Waals surface area contributed by atoms with Gasteiger partial charge in [0.2, 0.25) is 0 Å². The fourth-order valence-electron chi connectivity index (χ4n) is 1.08. The van der Waals surface area contributed by atoms with Gasteiger partial charge in [0.1, 0.15) is 11.6 Å². The maximum absolute atomic E-state index is 10.9. The summed E-state index contributed by atoms with van der Waals surface area (Å²) in [5.74, 6) is 6.15. The second kappa shape index (κ2) is 6.92. The predicted molar refractivity (Wildman–Crippen MR) is 66.7 cm³/mol. The van der Waals surface area contributed by atoms with Crippen molar-refractivity contribution in [2.75, 3.05) is 30.7 Å². The number of anilines is 2. The standard InChI is InChI=1S/C9H15N5O2S/c1-16-8(15)3-4-11-6-5-7(14-10)13-9(12-6)17-2/h5H,3-4,10H2,1-2H3,(H2,11,12,13,14). The quantitative estimate of drug-likeness (QED) is 0.222. The van der Waals surface area contributed by atoms with Gasteiger partial charge in [-0.3, -0.25) is 4.79 Å². The fraction of sp³-hybridized carbons (Fsp3) is 0.444. The summed E-state index contributed by atoms with van der Waals surface area (Å²) in [4.78, 5) is 19.2. The Labute approximate surface area is 104 Å². The zero-order chi connectivity index (χ0) is 12.7. The van der Waals surface area contributed by atoms with Crippen LogP contribution in [-0.2, 0) is 9.53 Å². The van der Waals surface area contributed by atoms with Crippen LogP contribution in [0.5, 0.6) is 0 Å². The summed E-state index contributed by atoms with van der Waals surface area (Å²) in [7, 11) is 1.36. The Hall–Kier alpha value is -1.54. The molecule has 0 aliphatic rings. The highest BCUT2D eigenvalue weighted by Gasteiger charge is 2.04. The molecule has 1 rings (SSSR count). The van der Waals surface area contributed by atoms with Crippen molar-refractivity contribution in [3.05, 3.63) is 6.07 Å². The normalized spacial score (nSPS) is 9.82. The Morgan fingerprint density at radius 3 is 2.82 bits per heavy atom. The maximum Gasteiger partial charge on any atom is 0.307 e. The van der Waals surface area contributed by atoms with Crippen molar-refractivity contribution >= 4 is 29.4 Å². The number of aromatic nitrogens is 2. The van der Waals surface area contributed by atoms with Gasteiger partial charge in [0, 0.05) is 12.6 Å². The van der Waals surface area contributed by atoms with Crippen LogP contribution in [0.2, 0.25) is 0 Å². The smallest absolute Gasteiger partial charge is 0.307 e. The molecule has 0 aliphatic heterocycles. The number of carbonyl (C=O) groups is 1. The zero-order valence-corrected chi connectivity index (χ0v) is 10.5. The van der Waals surface area contributed by atoms with Gasteiger partial charge in [-0.1, -0.05) is 11.8 Å². The highest BCUT2D eigenvalue weighted by molar-refractivity contribution is 7.98. The molecule has 0 bridgehead atoms. The lowest BCUT2D eigenvalue weighted by Gasteiger charge is -2.08. The average molecular weight is 257 g/mol. The number of ether oxygens (including phenoxy) is 1. The van der Waals surface area contributed by atoms with Crippen molar-refractivity contribution < 1.29 is 9.53 Å². The van der Waals surface area contributed by atoms with Crippen LogP contribution >= 0.6 is 11.8 Å². The molecule has 0 fully saturated rings. The third kappa shape index (κ3) is 4.45. The Bertz CT molecular complexity index is 365. The van der Waals surface area contributed by atoms with Crippen LogP contribution in [-0.4, -0.2) is 35.8 Å². The molecule has 1 aromatic rings. The van der Waals surface area contributed by atoms with Crippen molar-refractivity contribution in [2.24, 2.45) is 5.84 Å². The van der Waals surface area contributed by atoms with E-state index in [1.807, 2.05) is 6.26 Å². The number of nitrogens with one attached hydrogen (secondary N) is 2. The minimum Gasteiger partial charge on any atom is -0.469 e. The van der Waals surface area contributed by atoms with Gasteiger partial charge >= 0.3 is 5.97 Å². The molecule has 0 spiro atoms. The van der Waals surface area contributed by atoms with Crippen LogP contribution < -0.4 is 16.6 Å². The lowest BCUT2D eigenvalue weighted by atomic mass is 10.4. The molecule has 0 aliphatic carbocycles. The number of nitrogens with two attached hydrogens (primary N) is 1. The number of hydrogen-bond acceptors (Lipinski definition) is 8. The number of nitrogen functional groups attached to an aromatic ring is 1. The lowest BCUT2D eigenvalue weighted by molar-refractivity contribution is -0.140. The summed E-state index contributed by atoms with van der Waals surface area (Å²) in [5, 5.41) is 3.60. The van der Waals surface area contributed by atoms with E-state index in [-0.39, 0.29) is 12.4 Å². The average Bonchev–Trinajstić information content (AvgIpc) is 2.37. The SMILES string of the molecule is COC(=O)CCNc1cc(NN)nc(SC)n1. The molecule has 7 nitrogen and oxygen atoms in total. The molecule has 0 aromatic carbocycles. The lowest BCUT2D eigenvalue weighted by Crippen LogP contribution is -2.13. The monoisotopic (exact) mass is 257 g/mol. The summed E-state index contributed by atoms with van der Waals surface area (Å²) in [6.07, 6.45) is 2.15. The van der Waals surface area contributed by atoms with E-state index in [1.54, 1.807) is 6.07 Å². The summed E-state index contributed by atoms with van der Waals surface area (Å²) < 4.78 is 4.53. The second-order valence-electron chi connectivity index (χ2n) is 3.02. The number of hydrogen-bond donors (Lipinski definition) is 3. The van der Waals surface area contributed by atoms with Gasteiger partial charge in [-0.25, -0.2) is 15.8 Å². The summed E-state index contributed by atoms with van der Waals surface area (Å²) in [6, 6.07) is 1.66. The Morgan fingerprint density at radius 2 is 2.24 bits per heavy atom. The highest BCUT2D eigenvalue weighted by Crippen LogP contribution is 2.16. The van der Waals surface area contributed by atoms with E-state index in [1.165, 1.54) is 18.9 Å². The molecule has 0 atom stereocenters. The molecular weight excluding hydrogens is 242 g/mol. The minimum absolute atomic E-state index is 0.270. The van der Waals surface area contributed by atoms with Crippen molar-refractivity contribution in [3.63, 3.8) is 0 Å². The molecule has 0 saturated carbocycles. The van der Waals surface area contributed by atoms with Crippen LogP contribution in [0, 0.1) is 0 Å². The van der Waals surface area contributed by atoms with E-state index >= 15 is 0 Å². The van der Waals surface area contributed by atoms with Gasteiger partial charge in [0.05, 0.1) is 13.5 Å². The fourth-order valence-corrected chi connectivity index (χ4v) is 1.45. The molecule has 0 amide bonds. The third-order valence-corrected chi connectivity index (χ3v) is 2.45. The van der Waals surface area contributed by atoms with Gasteiger partial charge in [-0.05, 0) is 6.26 Å². The summed E-state index contributed by atoms with van der Waals surface area (Å²) in [5.41, 5.74) is 2.46. The zero-order valence-electron chi connectivity index (χ0n) is 9.69. The first kappa shape index (κ1) is 13.5. The number of nitrogens with zero attached hydrogens (tertiary/aromatic N) is 2. The number of esters is 1. The molecule has 17 heavy (non-hydrogen) atoms. The van der Waals surface area contributed by atoms with E-state index in [4.69, 9.17) is 5.84 Å². The van der Waals surface area contributed by atoms with Gasteiger partial charge in [-0.2, -0.15) is 0 Å². The summed E-state index contributed by atoms with van der Waals surface area (Å²) in [6.45, 7) is 0.446. The minimum atomic E-state index is -0.270. The van der Waals surface area contributed by atoms with E-state index in [9.17, 15) is 4.79 Å². The first-order valence-corrected chi connectivity index (χ1v) is 6.12. The second-order valence-corrected chi connectivity index (χ2v) is 3.80. The number of thioether (sulfide) groups is 1. The molecule has 0 radical (unpaired) electrons. The molecule has 0 unspecified atom stereocenters. The number of carbonyl (C=O) groups excluding carboxylic acids is 1. The molecule has 0 saturated heterocycles. The van der Waals surface area contributed by atoms with Crippen LogP contribution in [0.4, 0.5) is 11.6 Å². The molecule has 94 valence electrons. The number of hydrazine groups is 1. The van der Waals surface area contributed by atoms with Crippen molar-refractivity contribution in [3.8, 4) is 0 Å². The topological polar surface area (TPSA) is 102 Å². The molecular formula is C9H15N5O2S.